The Balaban J connectivity index is 2.33. The Morgan fingerprint density at radius 2 is 2.33 bits per heavy atom. The van der Waals surface area contributed by atoms with Crippen LogP contribution in [0.3, 0.4) is 0 Å². The van der Waals surface area contributed by atoms with Crippen molar-refractivity contribution in [2.75, 3.05) is 5.73 Å². The number of fused-ring (bicyclic) bond motifs is 3. The Morgan fingerprint density at radius 3 is 3.20 bits per heavy atom. The number of aryl methyl sites for hydroxylation is 2. The largest absolute Gasteiger partial charge is 0.394 e. The van der Waals surface area contributed by atoms with Gasteiger partial charge in [0.25, 0.3) is 5.56 Å². The molecule has 0 bridgehead atoms. The summed E-state index contributed by atoms with van der Waals surface area (Å²) in [6.07, 6.45) is 1.81. The normalized spacial score (nSPS) is 13.3. The summed E-state index contributed by atoms with van der Waals surface area (Å²) in [6, 6.07) is 1.73. The van der Waals surface area contributed by atoms with E-state index < -0.39 is 0 Å². The van der Waals surface area contributed by atoms with E-state index in [1.165, 1.54) is 4.88 Å². The number of rotatable bonds is 0. The number of aromatic amines is 1. The summed E-state index contributed by atoms with van der Waals surface area (Å²) < 4.78 is 0. The number of aromatic nitrogens is 2. The van der Waals surface area contributed by atoms with E-state index in [0.29, 0.717) is 0 Å². The third-order valence-corrected chi connectivity index (χ3v) is 3.54. The van der Waals surface area contributed by atoms with Crippen LogP contribution in [0.2, 0.25) is 0 Å². The molecule has 0 atom stereocenters. The molecular weight excluding hydrogens is 210 g/mol. The highest BCUT2D eigenvalue weighted by molar-refractivity contribution is 7.10. The maximum atomic E-state index is 11.3. The molecule has 5 heteroatoms. The summed E-state index contributed by atoms with van der Waals surface area (Å²) >= 11 is 1.66. The molecule has 1 aliphatic rings. The Kier molecular flexibility index (Phi) is 1.70. The van der Waals surface area contributed by atoms with Crippen LogP contribution in [-0.2, 0) is 12.8 Å². The van der Waals surface area contributed by atoms with E-state index in [0.717, 1.165) is 29.8 Å². The standard InChI is InChI=1S/C10H9N3OS/c11-6-3-5-7(13-10(6)14)1-2-8-9(5)12-4-15-8/h3-4H,1-2,11H2,(H,13,14). The number of H-pyrrole nitrogens is 1. The van der Waals surface area contributed by atoms with Crippen molar-refractivity contribution in [3.63, 3.8) is 0 Å². The van der Waals surface area contributed by atoms with Crippen molar-refractivity contribution in [3.05, 3.63) is 32.5 Å². The molecule has 0 amide bonds. The highest BCUT2D eigenvalue weighted by Gasteiger charge is 2.19. The van der Waals surface area contributed by atoms with Crippen molar-refractivity contribution >= 4 is 17.0 Å². The first-order chi connectivity index (χ1) is 7.25. The molecule has 0 saturated carbocycles. The molecule has 4 nitrogen and oxygen atoms in total. The van der Waals surface area contributed by atoms with E-state index in [-0.39, 0.29) is 11.2 Å². The number of thiazole rings is 1. The van der Waals surface area contributed by atoms with Gasteiger partial charge >= 0.3 is 0 Å². The second-order valence-corrected chi connectivity index (χ2v) is 4.51. The zero-order chi connectivity index (χ0) is 10.4. The Hall–Kier alpha value is -1.62. The number of nitrogens with one attached hydrogen (secondary N) is 1. The zero-order valence-electron chi connectivity index (χ0n) is 7.91. The summed E-state index contributed by atoms with van der Waals surface area (Å²) in [7, 11) is 0. The number of anilines is 1. The molecule has 2 heterocycles. The molecule has 0 spiro atoms. The number of nitrogens with zero attached hydrogens (tertiary/aromatic N) is 1. The third kappa shape index (κ3) is 1.20. The maximum Gasteiger partial charge on any atom is 0.271 e. The van der Waals surface area contributed by atoms with Gasteiger partial charge in [-0.15, -0.1) is 11.3 Å². The molecule has 0 aromatic carbocycles. The second kappa shape index (κ2) is 2.93. The smallest absolute Gasteiger partial charge is 0.271 e. The van der Waals surface area contributed by atoms with Crippen molar-refractivity contribution in [2.45, 2.75) is 12.8 Å². The first kappa shape index (κ1) is 8.67. The number of hydrogen-bond donors (Lipinski definition) is 2. The zero-order valence-corrected chi connectivity index (χ0v) is 8.73. The predicted molar refractivity (Wildman–Crippen MR) is 60.0 cm³/mol. The van der Waals surface area contributed by atoms with Crippen LogP contribution in [-0.4, -0.2) is 9.97 Å². The average Bonchev–Trinajstić information content (AvgIpc) is 2.68. The first-order valence-electron chi connectivity index (χ1n) is 4.70. The van der Waals surface area contributed by atoms with Crippen molar-refractivity contribution in [3.8, 4) is 11.3 Å². The predicted octanol–water partition coefficient (Wildman–Crippen LogP) is 1.18. The van der Waals surface area contributed by atoms with E-state index in [4.69, 9.17) is 5.73 Å². The fraction of sp³-hybridized carbons (Fsp3) is 0.200. The van der Waals surface area contributed by atoms with Gasteiger partial charge in [-0.1, -0.05) is 0 Å². The molecule has 0 radical (unpaired) electrons. The highest BCUT2D eigenvalue weighted by Crippen LogP contribution is 2.33. The minimum Gasteiger partial charge on any atom is -0.394 e. The average molecular weight is 219 g/mol. The van der Waals surface area contributed by atoms with E-state index in [9.17, 15) is 4.79 Å². The summed E-state index contributed by atoms with van der Waals surface area (Å²) in [5.41, 5.74) is 10.4. The van der Waals surface area contributed by atoms with Crippen LogP contribution >= 0.6 is 11.3 Å². The highest BCUT2D eigenvalue weighted by atomic mass is 32.1. The second-order valence-electron chi connectivity index (χ2n) is 3.57. The Bertz CT molecular complexity index is 585. The van der Waals surface area contributed by atoms with E-state index in [1.54, 1.807) is 17.4 Å². The van der Waals surface area contributed by atoms with Gasteiger partial charge in [0.15, 0.2) is 0 Å². The molecule has 1 aliphatic carbocycles. The Labute approximate surface area is 89.8 Å². The van der Waals surface area contributed by atoms with Gasteiger partial charge in [-0.25, -0.2) is 4.98 Å². The van der Waals surface area contributed by atoms with Gasteiger partial charge in [0.2, 0.25) is 0 Å². The van der Waals surface area contributed by atoms with Crippen LogP contribution in [0.25, 0.3) is 11.3 Å². The third-order valence-electron chi connectivity index (χ3n) is 2.65. The maximum absolute atomic E-state index is 11.3. The van der Waals surface area contributed by atoms with Gasteiger partial charge in [0.1, 0.15) is 0 Å². The number of nitrogens with two attached hydrogens (primary N) is 1. The number of nitrogen functional groups attached to an aromatic ring is 1. The molecule has 0 unspecified atom stereocenters. The van der Waals surface area contributed by atoms with Gasteiger partial charge < -0.3 is 10.7 Å². The van der Waals surface area contributed by atoms with Crippen molar-refractivity contribution in [1.82, 2.24) is 9.97 Å². The van der Waals surface area contributed by atoms with Crippen molar-refractivity contribution < 1.29 is 0 Å². The lowest BCUT2D eigenvalue weighted by atomic mass is 9.98. The topological polar surface area (TPSA) is 71.8 Å². The first-order valence-corrected chi connectivity index (χ1v) is 5.58. The molecule has 3 N–H and O–H groups in total. The lowest BCUT2D eigenvalue weighted by Crippen LogP contribution is -2.17. The molecule has 15 heavy (non-hydrogen) atoms. The Morgan fingerprint density at radius 1 is 1.47 bits per heavy atom. The van der Waals surface area contributed by atoms with Gasteiger partial charge in [0, 0.05) is 16.1 Å². The summed E-state index contributed by atoms with van der Waals surface area (Å²) in [4.78, 5) is 19.7. The minimum absolute atomic E-state index is 0.201. The molecular formula is C10H9N3OS. The molecule has 3 rings (SSSR count). The molecule has 0 fully saturated rings. The summed E-state index contributed by atoms with van der Waals surface area (Å²) in [6.45, 7) is 0. The van der Waals surface area contributed by atoms with Crippen molar-refractivity contribution in [2.24, 2.45) is 0 Å². The van der Waals surface area contributed by atoms with Crippen LogP contribution in [0.15, 0.2) is 16.4 Å². The van der Waals surface area contributed by atoms with Gasteiger partial charge in [-0.3, -0.25) is 4.79 Å². The summed E-state index contributed by atoms with van der Waals surface area (Å²) in [5.74, 6) is 0. The number of hydrogen-bond acceptors (Lipinski definition) is 4. The van der Waals surface area contributed by atoms with Gasteiger partial charge in [0.05, 0.1) is 16.9 Å². The van der Waals surface area contributed by atoms with Crippen LogP contribution < -0.4 is 11.3 Å². The number of pyridine rings is 1. The molecule has 2 aromatic heterocycles. The van der Waals surface area contributed by atoms with E-state index in [1.807, 2.05) is 5.51 Å². The fourth-order valence-electron chi connectivity index (χ4n) is 1.90. The molecule has 0 saturated heterocycles. The van der Waals surface area contributed by atoms with Gasteiger partial charge in [-0.2, -0.15) is 0 Å². The van der Waals surface area contributed by atoms with Crippen LogP contribution in [0.4, 0.5) is 5.69 Å². The van der Waals surface area contributed by atoms with E-state index in [2.05, 4.69) is 9.97 Å². The molecule has 76 valence electrons. The lowest BCUT2D eigenvalue weighted by Gasteiger charge is -2.14. The molecule has 0 aliphatic heterocycles. The van der Waals surface area contributed by atoms with Crippen molar-refractivity contribution in [1.29, 1.82) is 0 Å². The summed E-state index contributed by atoms with van der Waals surface area (Å²) in [5, 5.41) is 0. The minimum atomic E-state index is -0.201. The lowest BCUT2D eigenvalue weighted by molar-refractivity contribution is 0.897. The SMILES string of the molecule is Nc1cc2c([nH]c1=O)CCc1scnc1-2. The van der Waals surface area contributed by atoms with Crippen LogP contribution in [0.5, 0.6) is 0 Å². The van der Waals surface area contributed by atoms with Crippen LogP contribution in [0, 0.1) is 0 Å². The van der Waals surface area contributed by atoms with Crippen LogP contribution in [0.1, 0.15) is 10.6 Å². The fourth-order valence-corrected chi connectivity index (χ4v) is 2.68. The molecule has 2 aromatic rings. The quantitative estimate of drug-likeness (QED) is 0.698. The van der Waals surface area contributed by atoms with E-state index >= 15 is 0 Å². The monoisotopic (exact) mass is 219 g/mol. The van der Waals surface area contributed by atoms with Gasteiger partial charge in [-0.05, 0) is 18.9 Å².